The number of carbonyl (C=O) groups excluding carboxylic acids is 1. The first-order valence-corrected chi connectivity index (χ1v) is 8.91. The molecule has 2 heterocycles. The molecule has 6 heteroatoms. The Morgan fingerprint density at radius 2 is 1.92 bits per heavy atom. The van der Waals surface area contributed by atoms with E-state index >= 15 is 0 Å². The highest BCUT2D eigenvalue weighted by Gasteiger charge is 2.47. The summed E-state index contributed by atoms with van der Waals surface area (Å²) in [5.41, 5.74) is 1.23. The SMILES string of the molecule is CC(C)(C)OC(=O)N1CCC1(C)c1cc(Cl)nc(-c2ccc(F)cc2)c1. The van der Waals surface area contributed by atoms with Crippen LogP contribution in [0.2, 0.25) is 5.15 Å². The Kier molecular flexibility index (Phi) is 4.69. The van der Waals surface area contributed by atoms with E-state index in [1.54, 1.807) is 23.1 Å². The molecule has 26 heavy (non-hydrogen) atoms. The average molecular weight is 377 g/mol. The Bertz CT molecular complexity index is 833. The van der Waals surface area contributed by atoms with Gasteiger partial charge >= 0.3 is 6.09 Å². The summed E-state index contributed by atoms with van der Waals surface area (Å²) >= 11 is 6.23. The molecule has 0 N–H and O–H groups in total. The Labute approximate surface area is 157 Å². The van der Waals surface area contributed by atoms with Crippen molar-refractivity contribution in [3.05, 3.63) is 52.9 Å². The summed E-state index contributed by atoms with van der Waals surface area (Å²) < 4.78 is 18.7. The largest absolute Gasteiger partial charge is 0.444 e. The molecule has 3 rings (SSSR count). The van der Waals surface area contributed by atoms with E-state index in [0.29, 0.717) is 17.4 Å². The van der Waals surface area contributed by atoms with E-state index < -0.39 is 11.1 Å². The van der Waals surface area contributed by atoms with Crippen LogP contribution in [-0.2, 0) is 10.3 Å². The molecular formula is C20H22ClFN2O2. The fraction of sp³-hybridized carbons (Fsp3) is 0.400. The van der Waals surface area contributed by atoms with Crippen LogP contribution in [0.5, 0.6) is 0 Å². The van der Waals surface area contributed by atoms with Crippen molar-refractivity contribution in [2.75, 3.05) is 6.54 Å². The maximum atomic E-state index is 13.2. The summed E-state index contributed by atoms with van der Waals surface area (Å²) in [5.74, 6) is -0.307. The van der Waals surface area contributed by atoms with Gasteiger partial charge < -0.3 is 4.74 Å². The normalized spacial score (nSPS) is 19.8. The maximum Gasteiger partial charge on any atom is 0.411 e. The van der Waals surface area contributed by atoms with Crippen LogP contribution < -0.4 is 0 Å². The molecule has 1 aliphatic rings. The van der Waals surface area contributed by atoms with Gasteiger partial charge in [-0.1, -0.05) is 11.6 Å². The van der Waals surface area contributed by atoms with Crippen LogP contribution in [0, 0.1) is 5.82 Å². The van der Waals surface area contributed by atoms with Crippen LogP contribution in [0.25, 0.3) is 11.3 Å². The van der Waals surface area contributed by atoms with Crippen molar-refractivity contribution in [2.24, 2.45) is 0 Å². The third kappa shape index (κ3) is 3.68. The molecule has 1 saturated heterocycles. The van der Waals surface area contributed by atoms with Gasteiger partial charge in [0, 0.05) is 12.1 Å². The predicted octanol–water partition coefficient (Wildman–Crippen LogP) is 5.40. The number of likely N-dealkylation sites (tertiary alicyclic amines) is 1. The van der Waals surface area contributed by atoms with Crippen molar-refractivity contribution in [3.8, 4) is 11.3 Å². The van der Waals surface area contributed by atoms with Gasteiger partial charge in [0.1, 0.15) is 16.6 Å². The molecule has 0 radical (unpaired) electrons. The summed E-state index contributed by atoms with van der Waals surface area (Å²) in [4.78, 5) is 18.6. The van der Waals surface area contributed by atoms with Crippen LogP contribution in [0.3, 0.4) is 0 Å². The van der Waals surface area contributed by atoms with Crippen LogP contribution in [0.15, 0.2) is 36.4 Å². The first kappa shape index (κ1) is 18.6. The maximum absolute atomic E-state index is 13.2. The second-order valence-electron chi connectivity index (χ2n) is 7.73. The number of hydrogen-bond donors (Lipinski definition) is 0. The zero-order valence-corrected chi connectivity index (χ0v) is 16.1. The van der Waals surface area contributed by atoms with E-state index in [0.717, 1.165) is 17.5 Å². The first-order chi connectivity index (χ1) is 12.1. The minimum atomic E-state index is -0.553. The van der Waals surface area contributed by atoms with E-state index in [1.165, 1.54) is 12.1 Å². The fourth-order valence-corrected chi connectivity index (χ4v) is 3.25. The molecule has 0 spiro atoms. The molecule has 1 aromatic heterocycles. The van der Waals surface area contributed by atoms with E-state index in [2.05, 4.69) is 4.98 Å². The zero-order chi connectivity index (χ0) is 19.1. The lowest BCUT2D eigenvalue weighted by atomic mass is 9.80. The molecule has 1 atom stereocenters. The number of aromatic nitrogens is 1. The Morgan fingerprint density at radius 3 is 2.46 bits per heavy atom. The summed E-state index contributed by atoms with van der Waals surface area (Å²) in [5, 5.41) is 0.332. The lowest BCUT2D eigenvalue weighted by molar-refractivity contribution is -0.0400. The second-order valence-corrected chi connectivity index (χ2v) is 8.11. The van der Waals surface area contributed by atoms with E-state index in [1.807, 2.05) is 33.8 Å². The predicted molar refractivity (Wildman–Crippen MR) is 99.6 cm³/mol. The monoisotopic (exact) mass is 376 g/mol. The quantitative estimate of drug-likeness (QED) is 0.659. The number of pyridine rings is 1. The summed E-state index contributed by atoms with van der Waals surface area (Å²) in [6.07, 6.45) is 0.456. The number of ether oxygens (including phenoxy) is 1. The lowest BCUT2D eigenvalue weighted by Crippen LogP contribution is -2.59. The minimum Gasteiger partial charge on any atom is -0.444 e. The number of benzene rings is 1. The van der Waals surface area contributed by atoms with Crippen LogP contribution >= 0.6 is 11.6 Å². The Hall–Kier alpha value is -2.14. The van der Waals surface area contributed by atoms with Gasteiger partial charge in [-0.3, -0.25) is 4.90 Å². The van der Waals surface area contributed by atoms with Crippen LogP contribution in [-0.4, -0.2) is 28.1 Å². The highest BCUT2D eigenvalue weighted by molar-refractivity contribution is 6.29. The number of nitrogens with zero attached hydrogens (tertiary/aromatic N) is 2. The van der Waals surface area contributed by atoms with Gasteiger partial charge in [0.25, 0.3) is 0 Å². The van der Waals surface area contributed by atoms with Crippen LogP contribution in [0.1, 0.15) is 39.7 Å². The molecule has 1 amide bonds. The number of hydrogen-bond acceptors (Lipinski definition) is 3. The number of amides is 1. The van der Waals surface area contributed by atoms with Crippen LogP contribution in [0.4, 0.5) is 9.18 Å². The summed E-state index contributed by atoms with van der Waals surface area (Å²) in [7, 11) is 0. The molecule has 1 fully saturated rings. The van der Waals surface area contributed by atoms with Gasteiger partial charge in [-0.25, -0.2) is 14.2 Å². The third-order valence-electron chi connectivity index (χ3n) is 4.59. The van der Waals surface area contributed by atoms with Gasteiger partial charge in [-0.05, 0) is 76.1 Å². The molecule has 0 aliphatic carbocycles. The van der Waals surface area contributed by atoms with Gasteiger partial charge in [0.2, 0.25) is 0 Å². The number of carbonyl (C=O) groups is 1. The van der Waals surface area contributed by atoms with Gasteiger partial charge in [0.15, 0.2) is 0 Å². The molecule has 0 bridgehead atoms. The van der Waals surface area contributed by atoms with E-state index in [4.69, 9.17) is 16.3 Å². The fourth-order valence-electron chi connectivity index (χ4n) is 3.05. The van der Waals surface area contributed by atoms with Crippen molar-refractivity contribution in [2.45, 2.75) is 45.3 Å². The van der Waals surface area contributed by atoms with Gasteiger partial charge in [-0.15, -0.1) is 0 Å². The van der Waals surface area contributed by atoms with Gasteiger partial charge in [-0.2, -0.15) is 0 Å². The zero-order valence-electron chi connectivity index (χ0n) is 15.3. The van der Waals surface area contributed by atoms with Crippen molar-refractivity contribution >= 4 is 17.7 Å². The lowest BCUT2D eigenvalue weighted by Gasteiger charge is -2.50. The standard InChI is InChI=1S/C20H22ClFN2O2/c1-19(2,3)26-18(25)24-10-9-20(24,4)14-11-16(23-17(21)12-14)13-5-7-15(22)8-6-13/h5-8,11-12H,9-10H2,1-4H3. The van der Waals surface area contributed by atoms with Gasteiger partial charge in [0.05, 0.1) is 11.2 Å². The summed E-state index contributed by atoms with van der Waals surface area (Å²) in [6.45, 7) is 8.14. The molecule has 0 saturated carbocycles. The first-order valence-electron chi connectivity index (χ1n) is 8.53. The highest BCUT2D eigenvalue weighted by Crippen LogP contribution is 2.42. The molecule has 4 nitrogen and oxygen atoms in total. The highest BCUT2D eigenvalue weighted by atomic mass is 35.5. The average Bonchev–Trinajstić information content (AvgIpc) is 2.51. The Morgan fingerprint density at radius 1 is 1.27 bits per heavy atom. The molecule has 2 aromatic rings. The smallest absolute Gasteiger partial charge is 0.411 e. The summed E-state index contributed by atoms with van der Waals surface area (Å²) in [6, 6.07) is 9.76. The van der Waals surface area contributed by atoms with E-state index in [-0.39, 0.29) is 11.9 Å². The van der Waals surface area contributed by atoms with Crippen molar-refractivity contribution in [1.82, 2.24) is 9.88 Å². The molecular weight excluding hydrogens is 355 g/mol. The minimum absolute atomic E-state index is 0.307. The second kappa shape index (κ2) is 6.54. The Balaban J connectivity index is 1.93. The van der Waals surface area contributed by atoms with E-state index in [9.17, 15) is 9.18 Å². The number of halogens is 2. The van der Waals surface area contributed by atoms with Crippen molar-refractivity contribution in [3.63, 3.8) is 0 Å². The molecule has 1 aromatic carbocycles. The third-order valence-corrected chi connectivity index (χ3v) is 4.78. The topological polar surface area (TPSA) is 42.4 Å². The molecule has 1 unspecified atom stereocenters. The van der Waals surface area contributed by atoms with Crippen molar-refractivity contribution in [1.29, 1.82) is 0 Å². The number of rotatable bonds is 2. The molecule has 138 valence electrons. The molecule has 1 aliphatic heterocycles. The van der Waals surface area contributed by atoms with Crippen molar-refractivity contribution < 1.29 is 13.9 Å².